The van der Waals surface area contributed by atoms with Crippen LogP contribution in [0.2, 0.25) is 0 Å². The van der Waals surface area contributed by atoms with Crippen LogP contribution in [0.5, 0.6) is 0 Å². The molecule has 10 heavy (non-hydrogen) atoms. The Morgan fingerprint density at radius 2 is 2.00 bits per heavy atom. The fraction of sp³-hybridized carbons (Fsp3) is 1.00. The molecule has 0 aromatic rings. The van der Waals surface area contributed by atoms with E-state index in [4.69, 9.17) is 4.74 Å². The first kappa shape index (κ1) is 6.62. The summed E-state index contributed by atoms with van der Waals surface area (Å²) in [7, 11) is 0. The van der Waals surface area contributed by atoms with Crippen LogP contribution in [0.4, 0.5) is 0 Å². The first-order valence-electron chi connectivity index (χ1n) is 4.24. The van der Waals surface area contributed by atoms with Crippen molar-refractivity contribution in [2.24, 2.45) is 0 Å². The van der Waals surface area contributed by atoms with Gasteiger partial charge in [0, 0.05) is 18.7 Å². The van der Waals surface area contributed by atoms with E-state index >= 15 is 0 Å². The Bertz CT molecular complexity index is 110. The van der Waals surface area contributed by atoms with Gasteiger partial charge in [0.05, 0.1) is 6.61 Å². The Kier molecular flexibility index (Phi) is 1.66. The fourth-order valence-electron chi connectivity index (χ4n) is 1.88. The van der Waals surface area contributed by atoms with Gasteiger partial charge < -0.3 is 10.1 Å². The summed E-state index contributed by atoms with van der Waals surface area (Å²) in [4.78, 5) is 0. The maximum absolute atomic E-state index is 5.36. The van der Waals surface area contributed by atoms with Gasteiger partial charge >= 0.3 is 0 Å². The summed E-state index contributed by atoms with van der Waals surface area (Å²) in [6, 6.07) is 0. The zero-order valence-electron chi connectivity index (χ0n) is 6.36. The van der Waals surface area contributed by atoms with Crippen LogP contribution in [0.25, 0.3) is 0 Å². The van der Waals surface area contributed by atoms with Gasteiger partial charge in [0.2, 0.25) is 0 Å². The monoisotopic (exact) mass is 141 g/mol. The second kappa shape index (κ2) is 2.51. The van der Waals surface area contributed by atoms with Crippen LogP contribution >= 0.6 is 0 Å². The lowest BCUT2D eigenvalue weighted by Gasteiger charge is -2.41. The number of hydrogen-bond acceptors (Lipinski definition) is 2. The van der Waals surface area contributed by atoms with Crippen LogP contribution in [0.3, 0.4) is 0 Å². The van der Waals surface area contributed by atoms with Gasteiger partial charge in [-0.2, -0.15) is 0 Å². The number of hydrogen-bond donors (Lipinski definition) is 1. The van der Waals surface area contributed by atoms with Crippen LogP contribution in [0, 0.1) is 0 Å². The van der Waals surface area contributed by atoms with Gasteiger partial charge in [-0.25, -0.2) is 0 Å². The third kappa shape index (κ3) is 1.06. The minimum Gasteiger partial charge on any atom is -0.380 e. The molecule has 0 radical (unpaired) electrons. The predicted octanol–water partition coefficient (Wildman–Crippen LogP) is 0.919. The van der Waals surface area contributed by atoms with Crippen molar-refractivity contribution >= 4 is 0 Å². The molecule has 1 aliphatic carbocycles. The lowest BCUT2D eigenvalue weighted by molar-refractivity contribution is 0.128. The van der Waals surface area contributed by atoms with E-state index in [0.717, 1.165) is 19.8 Å². The molecule has 0 atom stereocenters. The largest absolute Gasteiger partial charge is 0.380 e. The van der Waals surface area contributed by atoms with Crippen molar-refractivity contribution in [1.82, 2.24) is 5.32 Å². The van der Waals surface area contributed by atoms with Gasteiger partial charge in [0.15, 0.2) is 0 Å². The summed E-state index contributed by atoms with van der Waals surface area (Å²) < 4.78 is 5.36. The number of rotatable bonds is 0. The first-order valence-corrected chi connectivity index (χ1v) is 4.24. The Hall–Kier alpha value is -0.0800. The second-order valence-corrected chi connectivity index (χ2v) is 3.42. The molecule has 1 aliphatic heterocycles. The normalized spacial score (nSPS) is 31.2. The Balaban J connectivity index is 1.92. The van der Waals surface area contributed by atoms with Crippen LogP contribution in [0.1, 0.15) is 25.7 Å². The number of nitrogens with one attached hydrogen (secondary N) is 1. The Labute approximate surface area is 61.9 Å². The van der Waals surface area contributed by atoms with Crippen molar-refractivity contribution in [3.8, 4) is 0 Å². The highest BCUT2D eigenvalue weighted by Crippen LogP contribution is 2.35. The third-order valence-electron chi connectivity index (χ3n) is 2.78. The molecule has 1 heterocycles. The van der Waals surface area contributed by atoms with Gasteiger partial charge in [-0.1, -0.05) is 0 Å². The molecule has 2 rings (SSSR count). The minimum absolute atomic E-state index is 0.510. The molecule has 58 valence electrons. The molecule has 1 N–H and O–H groups in total. The molecule has 1 spiro atoms. The summed E-state index contributed by atoms with van der Waals surface area (Å²) in [6.45, 7) is 2.93. The molecule has 2 fully saturated rings. The summed E-state index contributed by atoms with van der Waals surface area (Å²) in [6.07, 6.45) is 5.38. The molecule has 2 nitrogen and oxygen atoms in total. The van der Waals surface area contributed by atoms with Gasteiger partial charge in [0.1, 0.15) is 0 Å². The molecule has 2 aliphatic rings. The van der Waals surface area contributed by atoms with E-state index in [1.54, 1.807) is 0 Å². The zero-order chi connectivity index (χ0) is 6.86. The third-order valence-corrected chi connectivity index (χ3v) is 2.78. The van der Waals surface area contributed by atoms with Gasteiger partial charge in [0.25, 0.3) is 0 Å². The molecule has 0 bridgehead atoms. The van der Waals surface area contributed by atoms with E-state index in [2.05, 4.69) is 5.32 Å². The zero-order valence-corrected chi connectivity index (χ0v) is 6.36. The molecule has 1 saturated heterocycles. The van der Waals surface area contributed by atoms with Crippen molar-refractivity contribution in [3.05, 3.63) is 0 Å². The highest BCUT2D eigenvalue weighted by molar-refractivity contribution is 4.96. The quantitative estimate of drug-likeness (QED) is 0.541. The van der Waals surface area contributed by atoms with Gasteiger partial charge in [-0.3, -0.25) is 0 Å². The molecule has 1 saturated carbocycles. The summed E-state index contributed by atoms with van der Waals surface area (Å²) in [5, 5.41) is 3.57. The van der Waals surface area contributed by atoms with Gasteiger partial charge in [-0.15, -0.1) is 0 Å². The van der Waals surface area contributed by atoms with Crippen LogP contribution < -0.4 is 5.32 Å². The molecule has 0 unspecified atom stereocenters. The highest BCUT2D eigenvalue weighted by Gasteiger charge is 2.36. The maximum atomic E-state index is 5.36. The highest BCUT2D eigenvalue weighted by atomic mass is 16.5. The van der Waals surface area contributed by atoms with Crippen LogP contribution in [-0.2, 0) is 4.74 Å². The SMILES string of the molecule is C1CC2(C1)CCOCCN2. The van der Waals surface area contributed by atoms with Crippen molar-refractivity contribution in [1.29, 1.82) is 0 Å². The Morgan fingerprint density at radius 3 is 2.70 bits per heavy atom. The molecule has 2 heteroatoms. The molecule has 0 amide bonds. The predicted molar refractivity (Wildman–Crippen MR) is 40.0 cm³/mol. The smallest absolute Gasteiger partial charge is 0.0591 e. The minimum atomic E-state index is 0.510. The summed E-state index contributed by atoms with van der Waals surface area (Å²) >= 11 is 0. The average Bonchev–Trinajstić information content (AvgIpc) is 2.08. The lowest BCUT2D eigenvalue weighted by atomic mass is 9.75. The molecular weight excluding hydrogens is 126 g/mol. The van der Waals surface area contributed by atoms with Crippen molar-refractivity contribution in [3.63, 3.8) is 0 Å². The van der Waals surface area contributed by atoms with Crippen LogP contribution in [0.15, 0.2) is 0 Å². The first-order chi connectivity index (χ1) is 4.91. The topological polar surface area (TPSA) is 21.3 Å². The molecule has 0 aromatic heterocycles. The van der Waals surface area contributed by atoms with E-state index in [1.807, 2.05) is 0 Å². The summed E-state index contributed by atoms with van der Waals surface area (Å²) in [5.41, 5.74) is 0.510. The van der Waals surface area contributed by atoms with Gasteiger partial charge in [-0.05, 0) is 25.7 Å². The molecular formula is C8H15NO. The van der Waals surface area contributed by atoms with E-state index in [0.29, 0.717) is 5.54 Å². The second-order valence-electron chi connectivity index (χ2n) is 3.42. The summed E-state index contributed by atoms with van der Waals surface area (Å²) in [5.74, 6) is 0. The van der Waals surface area contributed by atoms with E-state index in [1.165, 1.54) is 25.7 Å². The van der Waals surface area contributed by atoms with E-state index in [-0.39, 0.29) is 0 Å². The molecule has 0 aromatic carbocycles. The van der Waals surface area contributed by atoms with E-state index < -0.39 is 0 Å². The lowest BCUT2D eigenvalue weighted by Crippen LogP contribution is -2.50. The van der Waals surface area contributed by atoms with E-state index in [9.17, 15) is 0 Å². The maximum Gasteiger partial charge on any atom is 0.0591 e. The van der Waals surface area contributed by atoms with Crippen LogP contribution in [-0.4, -0.2) is 25.3 Å². The average molecular weight is 141 g/mol. The number of ether oxygens (including phenoxy) is 1. The fourth-order valence-corrected chi connectivity index (χ4v) is 1.88. The standard InChI is InChI=1S/C8H15NO/c1-2-8(3-1)4-6-10-7-5-9-8/h9H,1-7H2. The Morgan fingerprint density at radius 1 is 1.10 bits per heavy atom. The van der Waals surface area contributed by atoms with Crippen molar-refractivity contribution < 1.29 is 4.74 Å². The van der Waals surface area contributed by atoms with Crippen molar-refractivity contribution in [2.75, 3.05) is 19.8 Å². The van der Waals surface area contributed by atoms with Crippen molar-refractivity contribution in [2.45, 2.75) is 31.2 Å².